The van der Waals surface area contributed by atoms with Crippen molar-refractivity contribution in [1.82, 2.24) is 9.88 Å². The van der Waals surface area contributed by atoms with Gasteiger partial charge in [0.1, 0.15) is 0 Å². The average molecular weight is 301 g/mol. The number of amides is 1. The lowest BCUT2D eigenvalue weighted by Gasteiger charge is -2.40. The molecular weight excluding hydrogens is 282 g/mol. The Morgan fingerprint density at radius 2 is 2.27 bits per heavy atom. The van der Waals surface area contributed by atoms with E-state index in [1.54, 1.807) is 12.3 Å². The summed E-state index contributed by atoms with van der Waals surface area (Å²) in [6.07, 6.45) is 3.76. The maximum atomic E-state index is 11.8. The summed E-state index contributed by atoms with van der Waals surface area (Å²) in [5, 5.41) is 0. The number of rotatable bonds is 2. The van der Waals surface area contributed by atoms with Crippen LogP contribution in [0.15, 0.2) is 24.9 Å². The lowest BCUT2D eigenvalue weighted by atomic mass is 10.1. The van der Waals surface area contributed by atoms with Gasteiger partial charge in [-0.15, -0.1) is 0 Å². The summed E-state index contributed by atoms with van der Waals surface area (Å²) in [5.41, 5.74) is 0.553. The topological polar surface area (TPSA) is 62.7 Å². The molecule has 0 bridgehead atoms. The predicted molar refractivity (Wildman–Crippen MR) is 82.3 cm³/mol. The van der Waals surface area contributed by atoms with Crippen molar-refractivity contribution < 1.29 is 14.3 Å². The first-order chi connectivity index (χ1) is 10.6. The van der Waals surface area contributed by atoms with E-state index in [0.29, 0.717) is 37.6 Å². The summed E-state index contributed by atoms with van der Waals surface area (Å²) in [6, 6.07) is 1.93. The molecule has 6 heteroatoms. The van der Waals surface area contributed by atoms with Gasteiger partial charge in [0, 0.05) is 37.8 Å². The van der Waals surface area contributed by atoms with Gasteiger partial charge in [-0.2, -0.15) is 0 Å². The van der Waals surface area contributed by atoms with E-state index in [1.807, 2.05) is 4.90 Å². The second-order valence-electron chi connectivity index (χ2n) is 5.57. The number of Topliss-reactive ketones (excluding diaryl/α,β-unsaturated/α-hetero) is 1. The van der Waals surface area contributed by atoms with Crippen molar-refractivity contribution in [3.8, 4) is 5.75 Å². The minimum atomic E-state index is -0.0371. The number of hydrogen-bond acceptors (Lipinski definition) is 5. The molecule has 1 fully saturated rings. The standard InChI is InChI=1S/C16H19N3O3/c1-3-15(21)18-5-6-19-13(10-18)4-7-22-14-8-12(11(2)20)9-17-16(14)19/h3,8-9,13H,1,4-7,10H2,2H3/t13-/m0/s1. The van der Waals surface area contributed by atoms with Crippen LogP contribution < -0.4 is 9.64 Å². The second kappa shape index (κ2) is 5.79. The molecule has 22 heavy (non-hydrogen) atoms. The van der Waals surface area contributed by atoms with Crippen LogP contribution in [0.5, 0.6) is 5.75 Å². The zero-order valence-electron chi connectivity index (χ0n) is 12.6. The van der Waals surface area contributed by atoms with Gasteiger partial charge in [-0.1, -0.05) is 6.58 Å². The first-order valence-corrected chi connectivity index (χ1v) is 7.42. The van der Waals surface area contributed by atoms with Gasteiger partial charge in [-0.3, -0.25) is 9.59 Å². The molecule has 1 aromatic heterocycles. The fourth-order valence-electron chi connectivity index (χ4n) is 2.97. The molecule has 3 rings (SSSR count). The van der Waals surface area contributed by atoms with E-state index in [1.165, 1.54) is 13.0 Å². The highest BCUT2D eigenvalue weighted by Crippen LogP contribution is 2.33. The van der Waals surface area contributed by atoms with Gasteiger partial charge in [-0.25, -0.2) is 4.98 Å². The van der Waals surface area contributed by atoms with Crippen LogP contribution in [0, 0.1) is 0 Å². The van der Waals surface area contributed by atoms with Gasteiger partial charge in [-0.05, 0) is 19.1 Å². The normalized spacial score (nSPS) is 20.3. The molecule has 0 N–H and O–H groups in total. The first kappa shape index (κ1) is 14.6. The monoisotopic (exact) mass is 301 g/mol. The van der Waals surface area contributed by atoms with Crippen LogP contribution in [0.3, 0.4) is 0 Å². The molecule has 0 unspecified atom stereocenters. The number of pyridine rings is 1. The molecule has 2 aliphatic heterocycles. The number of carbonyl (C=O) groups is 2. The van der Waals surface area contributed by atoms with E-state index in [9.17, 15) is 9.59 Å². The quantitative estimate of drug-likeness (QED) is 0.608. The fraction of sp³-hybridized carbons (Fsp3) is 0.438. The van der Waals surface area contributed by atoms with Crippen LogP contribution in [-0.2, 0) is 4.79 Å². The van der Waals surface area contributed by atoms with Gasteiger partial charge in [0.15, 0.2) is 17.4 Å². The van der Waals surface area contributed by atoms with Gasteiger partial charge < -0.3 is 14.5 Å². The minimum Gasteiger partial charge on any atom is -0.490 e. The number of ketones is 1. The highest BCUT2D eigenvalue weighted by atomic mass is 16.5. The van der Waals surface area contributed by atoms with Crippen molar-refractivity contribution >= 4 is 17.5 Å². The second-order valence-corrected chi connectivity index (χ2v) is 5.57. The maximum absolute atomic E-state index is 11.8. The van der Waals surface area contributed by atoms with Crippen LogP contribution >= 0.6 is 0 Å². The number of aromatic nitrogens is 1. The van der Waals surface area contributed by atoms with E-state index in [0.717, 1.165) is 12.2 Å². The van der Waals surface area contributed by atoms with Crippen molar-refractivity contribution in [3.63, 3.8) is 0 Å². The first-order valence-electron chi connectivity index (χ1n) is 7.42. The summed E-state index contributed by atoms with van der Waals surface area (Å²) in [4.78, 5) is 31.7. The molecule has 2 aliphatic rings. The van der Waals surface area contributed by atoms with Crippen LogP contribution in [0.2, 0.25) is 0 Å². The number of anilines is 1. The molecule has 0 spiro atoms. The van der Waals surface area contributed by atoms with Crippen molar-refractivity contribution in [1.29, 1.82) is 0 Å². The van der Waals surface area contributed by atoms with E-state index in [2.05, 4.69) is 16.5 Å². The summed E-state index contributed by atoms with van der Waals surface area (Å²) >= 11 is 0. The molecule has 116 valence electrons. The minimum absolute atomic E-state index is 0.0268. The van der Waals surface area contributed by atoms with Crippen molar-refractivity contribution in [2.24, 2.45) is 0 Å². The SMILES string of the molecule is C=CC(=O)N1CCN2c3ncc(C(C)=O)cc3OCC[C@H]2C1. The highest BCUT2D eigenvalue weighted by molar-refractivity contribution is 5.94. The van der Waals surface area contributed by atoms with Crippen molar-refractivity contribution in [2.75, 3.05) is 31.1 Å². The maximum Gasteiger partial charge on any atom is 0.246 e. The van der Waals surface area contributed by atoms with Gasteiger partial charge >= 0.3 is 0 Å². The lowest BCUT2D eigenvalue weighted by Crippen LogP contribution is -2.54. The Hall–Kier alpha value is -2.37. The smallest absolute Gasteiger partial charge is 0.246 e. The van der Waals surface area contributed by atoms with Crippen LogP contribution in [0.25, 0.3) is 0 Å². The summed E-state index contributed by atoms with van der Waals surface area (Å²) < 4.78 is 5.77. The average Bonchev–Trinajstić information content (AvgIpc) is 2.71. The lowest BCUT2D eigenvalue weighted by molar-refractivity contribution is -0.126. The molecule has 1 amide bonds. The molecule has 0 aliphatic carbocycles. The van der Waals surface area contributed by atoms with E-state index < -0.39 is 0 Å². The molecule has 1 atom stereocenters. The van der Waals surface area contributed by atoms with Crippen LogP contribution in [-0.4, -0.2) is 53.9 Å². The Bertz CT molecular complexity index is 629. The Morgan fingerprint density at radius 1 is 1.45 bits per heavy atom. The Labute approximate surface area is 129 Å². The van der Waals surface area contributed by atoms with Crippen molar-refractivity contribution in [3.05, 3.63) is 30.5 Å². The third kappa shape index (κ3) is 2.56. The van der Waals surface area contributed by atoms with Gasteiger partial charge in [0.2, 0.25) is 5.91 Å². The predicted octanol–water partition coefficient (Wildman–Crippen LogP) is 1.27. The van der Waals surface area contributed by atoms with E-state index in [-0.39, 0.29) is 17.7 Å². The number of nitrogens with zero attached hydrogens (tertiary/aromatic N) is 3. The number of piperazine rings is 1. The van der Waals surface area contributed by atoms with E-state index >= 15 is 0 Å². The van der Waals surface area contributed by atoms with Gasteiger partial charge in [0.05, 0.1) is 12.6 Å². The fourth-order valence-corrected chi connectivity index (χ4v) is 2.97. The van der Waals surface area contributed by atoms with Gasteiger partial charge in [0.25, 0.3) is 0 Å². The number of fused-ring (bicyclic) bond motifs is 3. The highest BCUT2D eigenvalue weighted by Gasteiger charge is 2.33. The Kier molecular flexibility index (Phi) is 3.83. The van der Waals surface area contributed by atoms with E-state index in [4.69, 9.17) is 4.74 Å². The molecule has 1 saturated heterocycles. The number of ether oxygens (including phenoxy) is 1. The third-order valence-corrected chi connectivity index (χ3v) is 4.19. The summed E-state index contributed by atoms with van der Waals surface area (Å²) in [6.45, 7) is 7.59. The zero-order valence-corrected chi connectivity index (χ0v) is 12.6. The summed E-state index contributed by atoms with van der Waals surface area (Å²) in [5.74, 6) is 1.35. The molecular formula is C16H19N3O3. The number of carbonyl (C=O) groups excluding carboxylic acids is 2. The molecule has 0 saturated carbocycles. The molecule has 6 nitrogen and oxygen atoms in total. The van der Waals surface area contributed by atoms with Crippen LogP contribution in [0.4, 0.5) is 5.82 Å². The molecule has 1 aromatic rings. The van der Waals surface area contributed by atoms with Crippen molar-refractivity contribution in [2.45, 2.75) is 19.4 Å². The molecule has 3 heterocycles. The molecule has 0 radical (unpaired) electrons. The largest absolute Gasteiger partial charge is 0.490 e. The number of hydrogen-bond donors (Lipinski definition) is 0. The molecule has 0 aromatic carbocycles. The third-order valence-electron chi connectivity index (χ3n) is 4.19. The zero-order chi connectivity index (χ0) is 15.7. The Morgan fingerprint density at radius 3 is 3.00 bits per heavy atom. The van der Waals surface area contributed by atoms with Crippen LogP contribution in [0.1, 0.15) is 23.7 Å². The summed E-state index contributed by atoms with van der Waals surface area (Å²) in [7, 11) is 0. The Balaban J connectivity index is 1.88.